The van der Waals surface area contributed by atoms with Crippen LogP contribution in [0.4, 0.5) is 11.5 Å². The fraction of sp³-hybridized carbons (Fsp3) is 0.0556. The summed E-state index contributed by atoms with van der Waals surface area (Å²) in [7, 11) is 0. The van der Waals surface area contributed by atoms with Gasteiger partial charge in [-0.3, -0.25) is 14.9 Å². The number of carbonyl (C=O) groups excluding carboxylic acids is 1. The number of amides is 1. The first-order chi connectivity index (χ1) is 13.9. The van der Waals surface area contributed by atoms with Crippen LogP contribution >= 0.6 is 22.9 Å². The van der Waals surface area contributed by atoms with Gasteiger partial charge in [0.05, 0.1) is 27.5 Å². The number of nitrogens with one attached hydrogen (secondary N) is 1. The average molecular weight is 430 g/mol. The second-order valence-corrected chi connectivity index (χ2v) is 7.19. The second kappa shape index (κ2) is 7.49. The minimum absolute atomic E-state index is 0.0123. The molecular weight excluding hydrogens is 418 g/mol. The van der Waals surface area contributed by atoms with E-state index in [0.29, 0.717) is 28.1 Å². The van der Waals surface area contributed by atoms with E-state index in [9.17, 15) is 14.9 Å². The van der Waals surface area contributed by atoms with E-state index in [1.807, 2.05) is 5.38 Å². The molecule has 4 aromatic rings. The van der Waals surface area contributed by atoms with Gasteiger partial charge in [0.25, 0.3) is 11.6 Å². The van der Waals surface area contributed by atoms with Crippen molar-refractivity contribution in [1.29, 1.82) is 0 Å². The van der Waals surface area contributed by atoms with E-state index in [4.69, 9.17) is 16.0 Å². The van der Waals surface area contributed by atoms with Gasteiger partial charge in [-0.2, -0.15) is 9.78 Å². The third-order valence-electron chi connectivity index (χ3n) is 3.93. The van der Waals surface area contributed by atoms with Crippen LogP contribution < -0.4 is 5.32 Å². The molecule has 0 saturated heterocycles. The maximum absolute atomic E-state index is 12.7. The number of nitro benzene ring substituents is 1. The molecule has 0 radical (unpaired) electrons. The first-order valence-corrected chi connectivity index (χ1v) is 9.50. The molecule has 0 fully saturated rings. The zero-order valence-corrected chi connectivity index (χ0v) is 16.4. The Morgan fingerprint density at radius 1 is 1.34 bits per heavy atom. The highest BCUT2D eigenvalue weighted by molar-refractivity contribution is 7.12. The third-order valence-corrected chi connectivity index (χ3v) is 5.07. The summed E-state index contributed by atoms with van der Waals surface area (Å²) in [6.45, 7) is 1.77. The van der Waals surface area contributed by atoms with E-state index in [-0.39, 0.29) is 16.3 Å². The van der Waals surface area contributed by atoms with Crippen molar-refractivity contribution in [2.75, 3.05) is 5.32 Å². The second-order valence-electron chi connectivity index (χ2n) is 5.95. The fourth-order valence-corrected chi connectivity index (χ4v) is 3.60. The Morgan fingerprint density at radius 2 is 2.17 bits per heavy atom. The summed E-state index contributed by atoms with van der Waals surface area (Å²) in [5.41, 5.74) is 1.05. The van der Waals surface area contributed by atoms with Crippen LogP contribution in [0.2, 0.25) is 5.02 Å². The summed E-state index contributed by atoms with van der Waals surface area (Å²) in [5.74, 6) is 0.378. The van der Waals surface area contributed by atoms with Gasteiger partial charge in [-0.05, 0) is 25.1 Å². The van der Waals surface area contributed by atoms with E-state index >= 15 is 0 Å². The van der Waals surface area contributed by atoms with Crippen molar-refractivity contribution in [2.45, 2.75) is 6.92 Å². The van der Waals surface area contributed by atoms with Gasteiger partial charge in [0.2, 0.25) is 5.13 Å². The smallest absolute Gasteiger partial charge is 0.270 e. The quantitative estimate of drug-likeness (QED) is 0.362. The Kier molecular flexibility index (Phi) is 4.87. The van der Waals surface area contributed by atoms with Gasteiger partial charge in [-0.15, -0.1) is 11.3 Å². The van der Waals surface area contributed by atoms with Gasteiger partial charge in [0.1, 0.15) is 11.5 Å². The van der Waals surface area contributed by atoms with Crippen LogP contribution in [0.5, 0.6) is 0 Å². The lowest BCUT2D eigenvalue weighted by molar-refractivity contribution is -0.384. The molecule has 11 heteroatoms. The predicted molar refractivity (Wildman–Crippen MR) is 108 cm³/mol. The lowest BCUT2D eigenvalue weighted by atomic mass is 10.2. The number of hydrogen-bond acceptors (Lipinski definition) is 7. The zero-order valence-electron chi connectivity index (χ0n) is 14.8. The first kappa shape index (κ1) is 18.8. The number of nitro groups is 1. The van der Waals surface area contributed by atoms with Crippen LogP contribution in [0, 0.1) is 17.0 Å². The highest BCUT2D eigenvalue weighted by Crippen LogP contribution is 2.28. The number of non-ortho nitro benzene ring substituents is 1. The molecule has 1 aromatic carbocycles. The van der Waals surface area contributed by atoms with Crippen LogP contribution in [-0.4, -0.2) is 25.6 Å². The minimum atomic E-state index is -0.595. The van der Waals surface area contributed by atoms with Crippen molar-refractivity contribution in [3.05, 3.63) is 74.4 Å². The van der Waals surface area contributed by atoms with Crippen LogP contribution in [0.1, 0.15) is 16.1 Å². The molecule has 146 valence electrons. The Labute approximate surface area is 172 Å². The molecule has 4 rings (SSSR count). The summed E-state index contributed by atoms with van der Waals surface area (Å²) in [5, 5.41) is 20.5. The largest absolute Gasteiger partial charge is 0.463 e. The number of aryl methyl sites for hydroxylation is 1. The molecular formula is C18H12ClN5O4S. The number of thiazole rings is 1. The standard InChI is InChI=1S/C18H12ClN5O4S/c1-10-7-16(21-17(25)12-8-11(24(26)27)4-5-13(12)19)23(22-10)18-20-14(9-29-18)15-3-2-6-28-15/h2-9H,1H3,(H,21,25). The molecule has 3 aromatic heterocycles. The molecule has 0 aliphatic heterocycles. The van der Waals surface area contributed by atoms with Gasteiger partial charge in [-0.25, -0.2) is 4.98 Å². The average Bonchev–Trinajstić information content (AvgIpc) is 3.42. The monoisotopic (exact) mass is 429 g/mol. The fourth-order valence-electron chi connectivity index (χ4n) is 2.62. The zero-order chi connectivity index (χ0) is 20.5. The number of furan rings is 1. The molecule has 0 bridgehead atoms. The lowest BCUT2D eigenvalue weighted by Crippen LogP contribution is -2.15. The van der Waals surface area contributed by atoms with Crippen molar-refractivity contribution in [3.8, 4) is 16.6 Å². The Balaban J connectivity index is 1.65. The highest BCUT2D eigenvalue weighted by Gasteiger charge is 2.19. The summed E-state index contributed by atoms with van der Waals surface area (Å²) in [4.78, 5) is 27.6. The highest BCUT2D eigenvalue weighted by atomic mass is 35.5. The lowest BCUT2D eigenvalue weighted by Gasteiger charge is -2.08. The van der Waals surface area contributed by atoms with Crippen molar-refractivity contribution in [2.24, 2.45) is 0 Å². The van der Waals surface area contributed by atoms with Crippen molar-refractivity contribution in [1.82, 2.24) is 14.8 Å². The number of hydrogen-bond donors (Lipinski definition) is 1. The molecule has 1 amide bonds. The molecule has 0 atom stereocenters. The van der Waals surface area contributed by atoms with Gasteiger partial charge in [0.15, 0.2) is 5.76 Å². The van der Waals surface area contributed by atoms with E-state index in [0.717, 1.165) is 6.07 Å². The van der Waals surface area contributed by atoms with Crippen molar-refractivity contribution < 1.29 is 14.1 Å². The molecule has 0 aliphatic rings. The number of nitrogens with zero attached hydrogens (tertiary/aromatic N) is 4. The van der Waals surface area contributed by atoms with E-state index in [2.05, 4.69) is 15.4 Å². The normalized spacial score (nSPS) is 10.8. The van der Waals surface area contributed by atoms with E-state index in [1.54, 1.807) is 31.4 Å². The topological polar surface area (TPSA) is 116 Å². The number of benzene rings is 1. The Bertz CT molecular complexity index is 1220. The number of aromatic nitrogens is 3. The molecule has 0 unspecified atom stereocenters. The number of rotatable bonds is 5. The first-order valence-electron chi connectivity index (χ1n) is 8.24. The van der Waals surface area contributed by atoms with Crippen molar-refractivity contribution in [3.63, 3.8) is 0 Å². The Morgan fingerprint density at radius 3 is 2.90 bits per heavy atom. The number of anilines is 1. The summed E-state index contributed by atoms with van der Waals surface area (Å²) in [6, 6.07) is 8.90. The summed E-state index contributed by atoms with van der Waals surface area (Å²) >= 11 is 7.38. The summed E-state index contributed by atoms with van der Waals surface area (Å²) < 4.78 is 6.83. The van der Waals surface area contributed by atoms with Crippen LogP contribution in [0.15, 0.2) is 52.5 Å². The van der Waals surface area contributed by atoms with E-state index in [1.165, 1.54) is 28.2 Å². The molecule has 3 heterocycles. The van der Waals surface area contributed by atoms with E-state index < -0.39 is 10.8 Å². The number of halogens is 1. The minimum Gasteiger partial charge on any atom is -0.463 e. The van der Waals surface area contributed by atoms with Crippen LogP contribution in [0.3, 0.4) is 0 Å². The molecule has 0 aliphatic carbocycles. The van der Waals surface area contributed by atoms with Gasteiger partial charge in [-0.1, -0.05) is 11.6 Å². The maximum Gasteiger partial charge on any atom is 0.270 e. The van der Waals surface area contributed by atoms with Crippen LogP contribution in [0.25, 0.3) is 16.6 Å². The van der Waals surface area contributed by atoms with Crippen LogP contribution in [-0.2, 0) is 0 Å². The van der Waals surface area contributed by atoms with Gasteiger partial charge >= 0.3 is 0 Å². The molecule has 0 spiro atoms. The van der Waals surface area contributed by atoms with Crippen molar-refractivity contribution >= 4 is 40.4 Å². The molecule has 0 saturated carbocycles. The SMILES string of the molecule is Cc1cc(NC(=O)c2cc([N+](=O)[O-])ccc2Cl)n(-c2nc(-c3ccco3)cs2)n1. The summed E-state index contributed by atoms with van der Waals surface area (Å²) in [6.07, 6.45) is 1.56. The predicted octanol–water partition coefficient (Wildman–Crippen LogP) is 4.71. The third kappa shape index (κ3) is 3.75. The van der Waals surface area contributed by atoms with Gasteiger partial charge < -0.3 is 9.73 Å². The maximum atomic E-state index is 12.7. The Hall–Kier alpha value is -3.50. The van der Waals surface area contributed by atoms with Gasteiger partial charge in [0, 0.05) is 23.6 Å². The molecule has 9 nitrogen and oxygen atoms in total. The molecule has 1 N–H and O–H groups in total. The molecule has 29 heavy (non-hydrogen) atoms. The number of carbonyl (C=O) groups is 1.